The molecule has 114 valence electrons. The van der Waals surface area contributed by atoms with E-state index in [-0.39, 0.29) is 11.8 Å². The Kier molecular flexibility index (Phi) is 4.33. The Bertz CT molecular complexity index is 789. The molecular weight excluding hydrogens is 365 g/mol. The Morgan fingerprint density at radius 2 is 2.05 bits per heavy atom. The molecule has 21 heavy (non-hydrogen) atoms. The molecule has 0 bridgehead atoms. The normalized spacial score (nSPS) is 11.7. The van der Waals surface area contributed by atoms with E-state index in [0.29, 0.717) is 21.6 Å². The van der Waals surface area contributed by atoms with Crippen molar-refractivity contribution in [1.82, 2.24) is 14.8 Å². The summed E-state index contributed by atoms with van der Waals surface area (Å²) in [6, 6.07) is 3.16. The molecule has 0 amide bonds. The minimum absolute atomic E-state index is 0.0130. The highest BCUT2D eigenvalue weighted by molar-refractivity contribution is 9.10. The molecule has 2 rings (SSSR count). The minimum Gasteiger partial charge on any atom is -0.485 e. The molecule has 1 heterocycles. The van der Waals surface area contributed by atoms with Crippen molar-refractivity contribution in [3.63, 3.8) is 0 Å². The molecule has 0 N–H and O–H groups in total. The van der Waals surface area contributed by atoms with Gasteiger partial charge in [-0.25, -0.2) is 12.8 Å². The molecule has 1 aromatic carbocycles. The molecule has 0 saturated heterocycles. The Morgan fingerprint density at radius 3 is 2.62 bits per heavy atom. The number of benzene rings is 1. The molecule has 0 aliphatic carbocycles. The summed E-state index contributed by atoms with van der Waals surface area (Å²) in [5, 5.41) is 7.25. The Hall–Kier alpha value is -1.48. The van der Waals surface area contributed by atoms with Crippen LogP contribution in [0.15, 0.2) is 21.8 Å². The van der Waals surface area contributed by atoms with Crippen molar-refractivity contribution >= 4 is 25.8 Å². The lowest BCUT2D eigenvalue weighted by Gasteiger charge is -2.10. The largest absolute Gasteiger partial charge is 0.485 e. The van der Waals surface area contributed by atoms with E-state index < -0.39 is 15.7 Å². The fourth-order valence-electron chi connectivity index (χ4n) is 1.73. The number of halogens is 2. The smallest absolute Gasteiger partial charge is 0.249 e. The average Bonchev–Trinajstić information content (AvgIpc) is 2.76. The van der Waals surface area contributed by atoms with Gasteiger partial charge in [0.1, 0.15) is 18.2 Å². The van der Waals surface area contributed by atoms with Gasteiger partial charge in [-0.15, -0.1) is 10.2 Å². The molecule has 0 fully saturated rings. The lowest BCUT2D eigenvalue weighted by molar-refractivity contribution is 0.286. The van der Waals surface area contributed by atoms with Crippen LogP contribution < -0.4 is 4.74 Å². The number of sulfone groups is 1. The maximum absolute atomic E-state index is 13.7. The summed E-state index contributed by atoms with van der Waals surface area (Å²) in [7, 11) is -1.92. The summed E-state index contributed by atoms with van der Waals surface area (Å²) in [5.74, 6) is 0.292. The summed E-state index contributed by atoms with van der Waals surface area (Å²) in [4.78, 5) is 0. The van der Waals surface area contributed by atoms with E-state index in [1.165, 1.54) is 17.7 Å². The quantitative estimate of drug-likeness (QED) is 0.814. The van der Waals surface area contributed by atoms with E-state index in [1.54, 1.807) is 13.0 Å². The van der Waals surface area contributed by atoms with Crippen molar-refractivity contribution in [2.45, 2.75) is 18.7 Å². The van der Waals surface area contributed by atoms with Crippen molar-refractivity contribution in [3.8, 4) is 5.75 Å². The second-order valence-corrected chi connectivity index (χ2v) is 7.27. The first-order valence-corrected chi connectivity index (χ1v) is 8.56. The Balaban J connectivity index is 2.22. The van der Waals surface area contributed by atoms with Crippen LogP contribution in [-0.4, -0.2) is 29.4 Å². The topological polar surface area (TPSA) is 74.1 Å². The van der Waals surface area contributed by atoms with Gasteiger partial charge in [0.15, 0.2) is 5.82 Å². The predicted molar refractivity (Wildman–Crippen MR) is 77.3 cm³/mol. The molecule has 9 heteroatoms. The molecule has 0 unspecified atom stereocenters. The van der Waals surface area contributed by atoms with Crippen molar-refractivity contribution in [2.75, 3.05) is 6.26 Å². The summed E-state index contributed by atoms with van der Waals surface area (Å²) in [5.41, 5.74) is 0.356. The van der Waals surface area contributed by atoms with Gasteiger partial charge in [0.2, 0.25) is 15.0 Å². The number of rotatable bonds is 4. The van der Waals surface area contributed by atoms with Gasteiger partial charge < -0.3 is 9.30 Å². The molecule has 0 atom stereocenters. The van der Waals surface area contributed by atoms with Crippen LogP contribution in [0.2, 0.25) is 0 Å². The fraction of sp³-hybridized carbons (Fsp3) is 0.333. The van der Waals surface area contributed by atoms with Crippen LogP contribution in [-0.2, 0) is 23.5 Å². The first kappa shape index (κ1) is 15.9. The van der Waals surface area contributed by atoms with Crippen molar-refractivity contribution < 1.29 is 17.5 Å². The van der Waals surface area contributed by atoms with E-state index >= 15 is 0 Å². The third kappa shape index (κ3) is 3.24. The van der Waals surface area contributed by atoms with Crippen molar-refractivity contribution in [2.24, 2.45) is 7.05 Å². The first-order chi connectivity index (χ1) is 9.71. The van der Waals surface area contributed by atoms with Gasteiger partial charge in [-0.1, -0.05) is 0 Å². The first-order valence-electron chi connectivity index (χ1n) is 5.87. The Labute approximate surface area is 130 Å². The lowest BCUT2D eigenvalue weighted by atomic mass is 10.2. The van der Waals surface area contributed by atoms with E-state index in [4.69, 9.17) is 4.74 Å². The van der Waals surface area contributed by atoms with Gasteiger partial charge in [-0.3, -0.25) is 0 Å². The lowest BCUT2D eigenvalue weighted by Crippen LogP contribution is -2.10. The van der Waals surface area contributed by atoms with E-state index in [0.717, 1.165) is 6.26 Å². The number of aromatic nitrogens is 3. The number of hydrogen-bond donors (Lipinski definition) is 0. The van der Waals surface area contributed by atoms with Crippen LogP contribution in [0.25, 0.3) is 0 Å². The fourth-order valence-corrected chi connectivity index (χ4v) is 2.95. The van der Waals surface area contributed by atoms with Gasteiger partial charge in [0, 0.05) is 18.9 Å². The maximum Gasteiger partial charge on any atom is 0.249 e. The number of hydrogen-bond acceptors (Lipinski definition) is 5. The van der Waals surface area contributed by atoms with Gasteiger partial charge in [-0.05, 0) is 35.0 Å². The molecule has 0 saturated carbocycles. The van der Waals surface area contributed by atoms with Crippen LogP contribution in [0.3, 0.4) is 0 Å². The minimum atomic E-state index is -3.45. The zero-order chi connectivity index (χ0) is 15.8. The predicted octanol–water partition coefficient (Wildman–Crippen LogP) is 2.01. The maximum atomic E-state index is 13.7. The van der Waals surface area contributed by atoms with E-state index in [2.05, 4.69) is 26.1 Å². The second-order valence-electron chi connectivity index (χ2n) is 4.50. The molecule has 2 aromatic rings. The third-order valence-corrected chi connectivity index (χ3v) is 4.53. The number of nitrogens with zero attached hydrogens (tertiary/aromatic N) is 3. The van der Waals surface area contributed by atoms with E-state index in [1.807, 2.05) is 0 Å². The highest BCUT2D eigenvalue weighted by atomic mass is 79.9. The van der Waals surface area contributed by atoms with Gasteiger partial charge in [-0.2, -0.15) is 0 Å². The molecule has 0 radical (unpaired) electrons. The van der Waals surface area contributed by atoms with E-state index in [9.17, 15) is 12.8 Å². The SMILES string of the molecule is Cc1c(OCc2nnc(S(C)(=O)=O)n2C)ccc(Br)c1F. The zero-order valence-corrected chi connectivity index (χ0v) is 14.0. The molecular formula is C12H13BrFN3O3S. The second kappa shape index (κ2) is 5.72. The third-order valence-electron chi connectivity index (χ3n) is 2.90. The highest BCUT2D eigenvalue weighted by Gasteiger charge is 2.18. The summed E-state index contributed by atoms with van der Waals surface area (Å²) < 4.78 is 43.8. The number of ether oxygens (including phenoxy) is 1. The molecule has 0 aliphatic heterocycles. The van der Waals surface area contributed by atoms with Crippen LogP contribution in [0.4, 0.5) is 4.39 Å². The van der Waals surface area contributed by atoms with Gasteiger partial charge >= 0.3 is 0 Å². The Morgan fingerprint density at radius 1 is 1.38 bits per heavy atom. The molecule has 1 aromatic heterocycles. The van der Waals surface area contributed by atoms with Gasteiger partial charge in [0.05, 0.1) is 4.47 Å². The average molecular weight is 378 g/mol. The van der Waals surface area contributed by atoms with Crippen molar-refractivity contribution in [3.05, 3.63) is 33.8 Å². The molecule has 6 nitrogen and oxygen atoms in total. The standard InChI is InChI=1S/C12H13BrFN3O3S/c1-7-9(5-4-8(13)11(7)14)20-6-10-15-16-12(17(10)2)21(3,18)19/h4-5H,6H2,1-3H3. The van der Waals surface area contributed by atoms with Crippen LogP contribution in [0, 0.1) is 12.7 Å². The summed E-state index contributed by atoms with van der Waals surface area (Å²) in [6.45, 7) is 1.58. The van der Waals surface area contributed by atoms with Crippen molar-refractivity contribution in [1.29, 1.82) is 0 Å². The van der Waals surface area contributed by atoms with Crippen LogP contribution >= 0.6 is 15.9 Å². The molecule has 0 spiro atoms. The monoisotopic (exact) mass is 377 g/mol. The molecule has 0 aliphatic rings. The van der Waals surface area contributed by atoms with Crippen LogP contribution in [0.1, 0.15) is 11.4 Å². The van der Waals surface area contributed by atoms with Crippen LogP contribution in [0.5, 0.6) is 5.75 Å². The van der Waals surface area contributed by atoms with Gasteiger partial charge in [0.25, 0.3) is 0 Å². The summed E-state index contributed by atoms with van der Waals surface area (Å²) >= 11 is 3.09. The highest BCUT2D eigenvalue weighted by Crippen LogP contribution is 2.27. The summed E-state index contributed by atoms with van der Waals surface area (Å²) in [6.07, 6.45) is 1.05. The zero-order valence-electron chi connectivity index (χ0n) is 11.6.